The Morgan fingerprint density at radius 2 is 1.21 bits per heavy atom. The minimum Gasteiger partial charge on any atom is -0.261 e. The van der Waals surface area contributed by atoms with E-state index < -0.39 is 0 Å². The lowest BCUT2D eigenvalue weighted by Gasteiger charge is -2.30. The molecular formula is C28H47N. The van der Waals surface area contributed by atoms with Crippen LogP contribution in [0.15, 0.2) is 18.3 Å². The fraction of sp³-hybridized carbons (Fsp3) is 0.821. The molecule has 3 rings (SSSR count). The summed E-state index contributed by atoms with van der Waals surface area (Å²) in [6.07, 6.45) is 26.4. The lowest BCUT2D eigenvalue weighted by Crippen LogP contribution is -2.15. The number of unbranched alkanes of at least 4 members (excludes halogenated alkanes) is 5. The van der Waals surface area contributed by atoms with Crippen molar-refractivity contribution in [2.75, 3.05) is 0 Å². The highest BCUT2D eigenvalue weighted by atomic mass is 14.7. The summed E-state index contributed by atoms with van der Waals surface area (Å²) in [4.78, 5) is 4.97. The van der Waals surface area contributed by atoms with Crippen LogP contribution in [-0.4, -0.2) is 4.98 Å². The highest BCUT2D eigenvalue weighted by molar-refractivity contribution is 5.21. The molecule has 0 bridgehead atoms. The third kappa shape index (κ3) is 7.41. The number of pyridine rings is 1. The van der Waals surface area contributed by atoms with Gasteiger partial charge in [0.05, 0.1) is 0 Å². The third-order valence-corrected chi connectivity index (χ3v) is 8.07. The lowest BCUT2D eigenvalue weighted by atomic mass is 9.76. The van der Waals surface area contributed by atoms with Crippen LogP contribution in [0.1, 0.15) is 146 Å². The molecule has 1 aromatic rings. The van der Waals surface area contributed by atoms with Gasteiger partial charge in [-0.05, 0) is 80.8 Å². The van der Waals surface area contributed by atoms with Crippen molar-refractivity contribution in [2.45, 2.75) is 135 Å². The van der Waals surface area contributed by atoms with Crippen molar-refractivity contribution in [1.29, 1.82) is 0 Å². The predicted molar refractivity (Wildman–Crippen MR) is 127 cm³/mol. The molecule has 0 N–H and O–H groups in total. The average molecular weight is 398 g/mol. The van der Waals surface area contributed by atoms with Gasteiger partial charge in [-0.15, -0.1) is 0 Å². The van der Waals surface area contributed by atoms with Crippen LogP contribution in [0.3, 0.4) is 0 Å². The van der Waals surface area contributed by atoms with Crippen molar-refractivity contribution >= 4 is 0 Å². The molecule has 0 atom stereocenters. The number of hydrogen-bond donors (Lipinski definition) is 0. The smallest absolute Gasteiger partial charge is 0.0434 e. The molecule has 1 heteroatoms. The summed E-state index contributed by atoms with van der Waals surface area (Å²) in [5.74, 6) is 3.50. The zero-order chi connectivity index (χ0) is 20.3. The maximum absolute atomic E-state index is 4.97. The molecular weight excluding hydrogens is 350 g/mol. The zero-order valence-electron chi connectivity index (χ0n) is 19.5. The number of rotatable bonds is 11. The largest absolute Gasteiger partial charge is 0.261 e. The summed E-state index contributed by atoms with van der Waals surface area (Å²) >= 11 is 0. The van der Waals surface area contributed by atoms with Crippen molar-refractivity contribution in [3.8, 4) is 0 Å². The Morgan fingerprint density at radius 3 is 1.76 bits per heavy atom. The number of hydrogen-bond acceptors (Lipinski definition) is 1. The van der Waals surface area contributed by atoms with Crippen LogP contribution in [0.5, 0.6) is 0 Å². The van der Waals surface area contributed by atoms with Gasteiger partial charge < -0.3 is 0 Å². The van der Waals surface area contributed by atoms with Gasteiger partial charge in [-0.3, -0.25) is 4.98 Å². The van der Waals surface area contributed by atoms with Gasteiger partial charge in [-0.2, -0.15) is 0 Å². The van der Waals surface area contributed by atoms with E-state index in [1.165, 1.54) is 120 Å². The molecule has 29 heavy (non-hydrogen) atoms. The average Bonchev–Trinajstić information content (AvgIpc) is 2.78. The standard InChI is InChI=1S/C28H47N/c1-3-5-7-9-11-24-14-18-26(19-15-24)28-21-20-27(22-29-28)25-16-12-23(13-17-25)10-8-6-4-2/h20-26H,3-19H2,1-2H3/t23-,24-,25-,26-. The Labute approximate surface area is 181 Å². The zero-order valence-corrected chi connectivity index (χ0v) is 19.5. The van der Waals surface area contributed by atoms with Gasteiger partial charge in [0.15, 0.2) is 0 Å². The minimum absolute atomic E-state index is 0.727. The van der Waals surface area contributed by atoms with Crippen LogP contribution in [0.25, 0.3) is 0 Å². The van der Waals surface area contributed by atoms with Gasteiger partial charge in [0.25, 0.3) is 0 Å². The van der Waals surface area contributed by atoms with Gasteiger partial charge in [0.2, 0.25) is 0 Å². The minimum atomic E-state index is 0.727. The Balaban J connectivity index is 1.38. The topological polar surface area (TPSA) is 12.9 Å². The lowest BCUT2D eigenvalue weighted by molar-refractivity contribution is 0.298. The summed E-state index contributed by atoms with van der Waals surface area (Å²) < 4.78 is 0. The fourth-order valence-electron chi connectivity index (χ4n) is 5.97. The van der Waals surface area contributed by atoms with Gasteiger partial charge in [-0.25, -0.2) is 0 Å². The second-order valence-electron chi connectivity index (χ2n) is 10.3. The molecule has 164 valence electrons. The molecule has 0 spiro atoms. The van der Waals surface area contributed by atoms with E-state index in [2.05, 4.69) is 32.2 Å². The van der Waals surface area contributed by atoms with Crippen molar-refractivity contribution < 1.29 is 0 Å². The van der Waals surface area contributed by atoms with E-state index in [9.17, 15) is 0 Å². The molecule has 1 aromatic heterocycles. The van der Waals surface area contributed by atoms with Crippen LogP contribution in [0, 0.1) is 11.8 Å². The van der Waals surface area contributed by atoms with Gasteiger partial charge in [-0.1, -0.05) is 77.7 Å². The first kappa shape index (κ1) is 22.8. The molecule has 1 nitrogen and oxygen atoms in total. The highest BCUT2D eigenvalue weighted by Crippen LogP contribution is 2.39. The first-order chi connectivity index (χ1) is 14.3. The monoisotopic (exact) mass is 397 g/mol. The molecule has 0 unspecified atom stereocenters. The van der Waals surface area contributed by atoms with E-state index in [1.54, 1.807) is 0 Å². The summed E-state index contributed by atoms with van der Waals surface area (Å²) in [6.45, 7) is 4.62. The van der Waals surface area contributed by atoms with E-state index in [4.69, 9.17) is 4.98 Å². The molecule has 0 saturated heterocycles. The molecule has 1 heterocycles. The van der Waals surface area contributed by atoms with Crippen molar-refractivity contribution in [1.82, 2.24) is 4.98 Å². The summed E-state index contributed by atoms with van der Waals surface area (Å²) in [7, 11) is 0. The van der Waals surface area contributed by atoms with Gasteiger partial charge >= 0.3 is 0 Å². The Hall–Kier alpha value is -0.850. The van der Waals surface area contributed by atoms with E-state index in [1.807, 2.05) is 0 Å². The van der Waals surface area contributed by atoms with E-state index in [0.717, 1.165) is 23.7 Å². The van der Waals surface area contributed by atoms with Crippen LogP contribution >= 0.6 is 0 Å². The van der Waals surface area contributed by atoms with Crippen molar-refractivity contribution in [3.05, 3.63) is 29.6 Å². The molecule has 0 aliphatic heterocycles. The molecule has 2 aliphatic carbocycles. The maximum atomic E-state index is 4.97. The van der Waals surface area contributed by atoms with Gasteiger partial charge in [0, 0.05) is 17.8 Å². The van der Waals surface area contributed by atoms with Crippen LogP contribution in [0.4, 0.5) is 0 Å². The summed E-state index contributed by atoms with van der Waals surface area (Å²) in [5.41, 5.74) is 2.90. The molecule has 2 fully saturated rings. The Morgan fingerprint density at radius 1 is 0.655 bits per heavy atom. The number of aromatic nitrogens is 1. The first-order valence-corrected chi connectivity index (χ1v) is 13.3. The predicted octanol–water partition coefficient (Wildman–Crippen LogP) is 9.18. The van der Waals surface area contributed by atoms with Crippen molar-refractivity contribution in [2.24, 2.45) is 11.8 Å². The summed E-state index contributed by atoms with van der Waals surface area (Å²) in [5, 5.41) is 0. The number of nitrogens with zero attached hydrogens (tertiary/aromatic N) is 1. The van der Waals surface area contributed by atoms with E-state index >= 15 is 0 Å². The summed E-state index contributed by atoms with van der Waals surface area (Å²) in [6, 6.07) is 4.82. The third-order valence-electron chi connectivity index (χ3n) is 8.07. The maximum Gasteiger partial charge on any atom is 0.0434 e. The van der Waals surface area contributed by atoms with Crippen LogP contribution < -0.4 is 0 Å². The molecule has 2 saturated carbocycles. The van der Waals surface area contributed by atoms with Crippen LogP contribution in [0.2, 0.25) is 0 Å². The molecule has 0 radical (unpaired) electrons. The second-order valence-corrected chi connectivity index (χ2v) is 10.3. The quantitative estimate of drug-likeness (QED) is 0.339. The first-order valence-electron chi connectivity index (χ1n) is 13.3. The Kier molecular flexibility index (Phi) is 10.0. The van der Waals surface area contributed by atoms with E-state index in [-0.39, 0.29) is 0 Å². The molecule has 0 aromatic carbocycles. The molecule has 0 amide bonds. The Bertz CT molecular complexity index is 532. The normalized spacial score (nSPS) is 27.8. The second kappa shape index (κ2) is 12.8. The van der Waals surface area contributed by atoms with Gasteiger partial charge in [0.1, 0.15) is 0 Å². The van der Waals surface area contributed by atoms with E-state index in [0.29, 0.717) is 0 Å². The fourth-order valence-corrected chi connectivity index (χ4v) is 5.97. The van der Waals surface area contributed by atoms with Crippen LogP contribution in [-0.2, 0) is 0 Å². The SMILES string of the molecule is CCCCCC[C@H]1CC[C@H](c2ccc([C@H]3CC[C@H](CCCCC)CC3)cn2)CC1. The van der Waals surface area contributed by atoms with Crippen molar-refractivity contribution in [3.63, 3.8) is 0 Å². The highest BCUT2D eigenvalue weighted by Gasteiger charge is 2.25. The molecule has 2 aliphatic rings.